The van der Waals surface area contributed by atoms with Gasteiger partial charge in [-0.2, -0.15) is 0 Å². The molecule has 35 heavy (non-hydrogen) atoms. The highest BCUT2D eigenvalue weighted by molar-refractivity contribution is 6.01. The van der Waals surface area contributed by atoms with Crippen molar-refractivity contribution in [2.24, 2.45) is 0 Å². The molecule has 0 atom stereocenters. The van der Waals surface area contributed by atoms with Gasteiger partial charge in [-0.1, -0.05) is 33.4 Å². The molecule has 1 heterocycles. The Hall–Kier alpha value is -4.07. The zero-order valence-electron chi connectivity index (χ0n) is 20.9. The summed E-state index contributed by atoms with van der Waals surface area (Å²) in [5.41, 5.74) is 2.90. The Labute approximate surface area is 206 Å². The van der Waals surface area contributed by atoms with Gasteiger partial charge in [0.2, 0.25) is 0 Å². The maximum absolute atomic E-state index is 12.5. The Morgan fingerprint density at radius 3 is 2.37 bits per heavy atom. The van der Waals surface area contributed by atoms with Crippen LogP contribution in [0.1, 0.15) is 55.3 Å². The molecule has 2 N–H and O–H groups in total. The zero-order chi connectivity index (χ0) is 25.8. The van der Waals surface area contributed by atoms with Crippen LogP contribution in [0.2, 0.25) is 0 Å². The number of benzene rings is 2. The predicted octanol–water partition coefficient (Wildman–Crippen LogP) is 5.80. The van der Waals surface area contributed by atoms with E-state index in [1.807, 2.05) is 20.8 Å². The van der Waals surface area contributed by atoms with Gasteiger partial charge in [0.15, 0.2) is 17.3 Å². The maximum Gasteiger partial charge on any atom is 0.310 e. The fourth-order valence-electron chi connectivity index (χ4n) is 3.18. The van der Waals surface area contributed by atoms with E-state index in [1.165, 1.54) is 7.11 Å². The van der Waals surface area contributed by atoms with E-state index in [9.17, 15) is 9.59 Å². The molecule has 8 heteroatoms. The van der Waals surface area contributed by atoms with Gasteiger partial charge in [0.05, 0.1) is 25.8 Å². The van der Waals surface area contributed by atoms with E-state index in [4.69, 9.17) is 14.2 Å². The number of aromatic amines is 1. The van der Waals surface area contributed by atoms with Crippen molar-refractivity contribution in [1.82, 2.24) is 9.97 Å². The smallest absolute Gasteiger partial charge is 0.310 e. The van der Waals surface area contributed by atoms with Gasteiger partial charge < -0.3 is 24.5 Å². The average molecular weight is 480 g/mol. The average Bonchev–Trinajstić information content (AvgIpc) is 3.31. The van der Waals surface area contributed by atoms with Crippen LogP contribution in [0.4, 0.5) is 5.69 Å². The molecule has 1 amide bonds. The van der Waals surface area contributed by atoms with Crippen molar-refractivity contribution in [2.45, 2.75) is 40.5 Å². The minimum atomic E-state index is -0.342. The number of aromatic nitrogens is 2. The molecule has 0 spiro atoms. The molecule has 8 nitrogen and oxygen atoms in total. The third kappa shape index (κ3) is 7.46. The third-order valence-electron chi connectivity index (χ3n) is 4.79. The van der Waals surface area contributed by atoms with E-state index in [0.29, 0.717) is 35.2 Å². The van der Waals surface area contributed by atoms with Gasteiger partial charge in [0.25, 0.3) is 5.91 Å². The number of anilines is 1. The molecule has 186 valence electrons. The van der Waals surface area contributed by atoms with E-state index < -0.39 is 0 Å². The van der Waals surface area contributed by atoms with E-state index >= 15 is 0 Å². The normalized spacial score (nSPS) is 9.97. The molecule has 1 aromatic heterocycles. The highest BCUT2D eigenvalue weighted by atomic mass is 16.5. The first-order valence-electron chi connectivity index (χ1n) is 11.6. The number of amides is 1. The van der Waals surface area contributed by atoms with Crippen LogP contribution in [0, 0.1) is 0 Å². The molecular weight excluding hydrogens is 446 g/mol. The summed E-state index contributed by atoms with van der Waals surface area (Å²) >= 11 is 0. The molecule has 0 bridgehead atoms. The first-order valence-corrected chi connectivity index (χ1v) is 11.6. The summed E-state index contributed by atoms with van der Waals surface area (Å²) in [6.45, 7) is 11.8. The number of nitrogens with one attached hydrogen (secondary N) is 2. The van der Waals surface area contributed by atoms with Crippen LogP contribution in [0.25, 0.3) is 6.08 Å². The molecule has 0 aliphatic rings. The first kappa shape index (κ1) is 27.2. The van der Waals surface area contributed by atoms with E-state index in [0.717, 1.165) is 17.7 Å². The third-order valence-corrected chi connectivity index (χ3v) is 4.79. The molecule has 0 aliphatic carbocycles. The van der Waals surface area contributed by atoms with E-state index in [-0.39, 0.29) is 24.1 Å². The van der Waals surface area contributed by atoms with E-state index in [1.54, 1.807) is 55.5 Å². The van der Waals surface area contributed by atoms with Crippen LogP contribution in [0.5, 0.6) is 17.2 Å². The van der Waals surface area contributed by atoms with Gasteiger partial charge in [-0.15, -0.1) is 0 Å². The number of esters is 1. The Balaban J connectivity index is 0.00000210. The highest BCUT2D eigenvalue weighted by Gasteiger charge is 2.14. The molecule has 0 saturated heterocycles. The number of hydrogen-bond donors (Lipinski definition) is 2. The van der Waals surface area contributed by atoms with Crippen LogP contribution in [0.3, 0.4) is 0 Å². The predicted molar refractivity (Wildman–Crippen MR) is 137 cm³/mol. The van der Waals surface area contributed by atoms with Gasteiger partial charge >= 0.3 is 5.97 Å². The summed E-state index contributed by atoms with van der Waals surface area (Å²) in [7, 11) is 1.53. The summed E-state index contributed by atoms with van der Waals surface area (Å²) in [4.78, 5) is 31.5. The Kier molecular flexibility index (Phi) is 10.6. The van der Waals surface area contributed by atoms with Gasteiger partial charge in [-0.05, 0) is 61.4 Å². The fourth-order valence-corrected chi connectivity index (χ4v) is 3.18. The topological polar surface area (TPSA) is 103 Å². The number of carbonyl (C=O) groups excluding carboxylic acids is 2. The number of hydrogen-bond acceptors (Lipinski definition) is 6. The molecule has 0 saturated carbocycles. The van der Waals surface area contributed by atoms with Crippen molar-refractivity contribution in [3.63, 3.8) is 0 Å². The largest absolute Gasteiger partial charge is 0.493 e. The monoisotopic (exact) mass is 479 g/mol. The maximum atomic E-state index is 12.5. The summed E-state index contributed by atoms with van der Waals surface area (Å²) in [6.07, 6.45) is 2.50. The lowest BCUT2D eigenvalue weighted by molar-refractivity contribution is -0.142. The number of ether oxygens (including phenoxy) is 3. The molecule has 2 aromatic carbocycles. The first-order chi connectivity index (χ1) is 17.0. The van der Waals surface area contributed by atoms with Gasteiger partial charge in [-0.3, -0.25) is 9.59 Å². The van der Waals surface area contributed by atoms with Gasteiger partial charge in [0, 0.05) is 11.4 Å². The second kappa shape index (κ2) is 13.6. The number of methoxy groups -OCH3 is 1. The second-order valence-electron chi connectivity index (χ2n) is 7.05. The Bertz CT molecular complexity index is 1140. The number of carbonyl (C=O) groups is 2. The highest BCUT2D eigenvalue weighted by Crippen LogP contribution is 2.33. The molecule has 0 fully saturated rings. The quantitative estimate of drug-likeness (QED) is 0.356. The Morgan fingerprint density at radius 2 is 1.80 bits per heavy atom. The SMILES string of the molecule is C=Cc1nc(C(=O)Nc2ccc(Oc3ccc(CC(=O)OCC)cc3OC)cc2)[nH]c1CC.CC. The van der Waals surface area contributed by atoms with Crippen LogP contribution in [-0.2, 0) is 22.4 Å². The molecule has 3 aromatic rings. The molecular formula is C27H33N3O5. The lowest BCUT2D eigenvalue weighted by atomic mass is 10.1. The van der Waals surface area contributed by atoms with Crippen molar-refractivity contribution in [3.8, 4) is 17.2 Å². The lowest BCUT2D eigenvalue weighted by Gasteiger charge is -2.12. The molecule has 0 unspecified atom stereocenters. The van der Waals surface area contributed by atoms with Crippen LogP contribution in [0.15, 0.2) is 49.0 Å². The van der Waals surface area contributed by atoms with Crippen LogP contribution in [-0.4, -0.2) is 35.6 Å². The van der Waals surface area contributed by atoms with Crippen LogP contribution >= 0.6 is 0 Å². The second-order valence-corrected chi connectivity index (χ2v) is 7.05. The minimum Gasteiger partial charge on any atom is -0.493 e. The Morgan fingerprint density at radius 1 is 1.09 bits per heavy atom. The summed E-state index contributed by atoms with van der Waals surface area (Å²) in [5.74, 6) is 1.15. The van der Waals surface area contributed by atoms with Crippen molar-refractivity contribution in [3.05, 3.63) is 71.8 Å². The lowest BCUT2D eigenvalue weighted by Crippen LogP contribution is -2.13. The van der Waals surface area contributed by atoms with Crippen molar-refractivity contribution in [1.29, 1.82) is 0 Å². The minimum absolute atomic E-state index is 0.155. The standard InChI is InChI=1S/C25H27N3O5.C2H6/c1-5-19-20(6-2)28-24(27-19)25(30)26-17-9-11-18(12-10-17)33-21-13-8-16(14-22(21)31-4)15-23(29)32-7-3;1-2/h5,8-14H,1,6-7,15H2,2-4H3,(H,26,30)(H,27,28);1-2H3. The summed E-state index contributed by atoms with van der Waals surface area (Å²) < 4.78 is 16.3. The zero-order valence-corrected chi connectivity index (χ0v) is 20.9. The molecule has 3 rings (SSSR count). The summed E-state index contributed by atoms with van der Waals surface area (Å²) in [6, 6.07) is 12.2. The number of rotatable bonds is 10. The summed E-state index contributed by atoms with van der Waals surface area (Å²) in [5, 5.41) is 2.81. The molecule has 0 radical (unpaired) electrons. The fraction of sp³-hybridized carbons (Fsp3) is 0.296. The van der Waals surface area contributed by atoms with E-state index in [2.05, 4.69) is 21.9 Å². The van der Waals surface area contributed by atoms with Crippen molar-refractivity contribution < 1.29 is 23.8 Å². The van der Waals surface area contributed by atoms with Crippen LogP contribution < -0.4 is 14.8 Å². The number of nitrogens with zero attached hydrogens (tertiary/aromatic N) is 1. The molecule has 0 aliphatic heterocycles. The number of aryl methyl sites for hydroxylation is 1. The van der Waals surface area contributed by atoms with Gasteiger partial charge in [0.1, 0.15) is 5.75 Å². The number of imidazole rings is 1. The number of H-pyrrole nitrogens is 1. The van der Waals surface area contributed by atoms with Crippen molar-refractivity contribution in [2.75, 3.05) is 19.0 Å². The van der Waals surface area contributed by atoms with Crippen molar-refractivity contribution >= 4 is 23.6 Å². The van der Waals surface area contributed by atoms with Gasteiger partial charge in [-0.25, -0.2) is 4.98 Å².